The second-order valence-electron chi connectivity index (χ2n) is 2.92. The van der Waals surface area contributed by atoms with Gasteiger partial charge in [-0.2, -0.15) is 0 Å². The number of nitrogens with one attached hydrogen (secondary N) is 1. The zero-order valence-corrected chi connectivity index (χ0v) is 10.3. The molecule has 84 valence electrons. The lowest BCUT2D eigenvalue weighted by Gasteiger charge is -2.32. The summed E-state index contributed by atoms with van der Waals surface area (Å²) in [5.74, 6) is -0.182. The van der Waals surface area contributed by atoms with Crippen molar-refractivity contribution in [3.8, 4) is 0 Å². The van der Waals surface area contributed by atoms with Crippen molar-refractivity contribution in [2.24, 2.45) is 0 Å². The summed E-state index contributed by atoms with van der Waals surface area (Å²) < 4.78 is 7.94. The number of rotatable bonds is 3. The minimum Gasteiger partial charge on any atom is -0.399 e. The number of carbonyl (C=O) groups excluding carboxylic acids is 1. The molecular weight excluding hydrogens is 232 g/mol. The van der Waals surface area contributed by atoms with Crippen molar-refractivity contribution in [1.29, 1.82) is 0 Å². The Hall–Kier alpha value is -0.850. The molecular formula is C9H14N2O2S2. The van der Waals surface area contributed by atoms with E-state index in [0.717, 1.165) is 4.90 Å². The number of benzene rings is 1. The van der Waals surface area contributed by atoms with E-state index in [1.165, 1.54) is 14.0 Å². The number of anilines is 1. The molecule has 0 aliphatic rings. The van der Waals surface area contributed by atoms with Crippen LogP contribution >= 0.6 is 21.2 Å². The number of carbonyl (C=O) groups is 1. The number of nitrogens with two attached hydrogens (primary N) is 1. The van der Waals surface area contributed by atoms with Crippen LogP contribution in [0.5, 0.6) is 0 Å². The number of nitrogen functional groups attached to an aromatic ring is 1. The molecule has 0 saturated carbocycles. The van der Waals surface area contributed by atoms with Gasteiger partial charge >= 0.3 is 0 Å². The van der Waals surface area contributed by atoms with Gasteiger partial charge in [-0.3, -0.25) is 9.52 Å². The average Bonchev–Trinajstić information content (AvgIpc) is 2.17. The van der Waals surface area contributed by atoms with Gasteiger partial charge in [0.2, 0.25) is 5.91 Å². The zero-order chi connectivity index (χ0) is 11.5. The van der Waals surface area contributed by atoms with Gasteiger partial charge in [0.1, 0.15) is 0 Å². The van der Waals surface area contributed by atoms with E-state index in [-0.39, 0.29) is 5.91 Å². The van der Waals surface area contributed by atoms with Gasteiger partial charge in [0.15, 0.2) is 0 Å². The summed E-state index contributed by atoms with van der Waals surface area (Å²) >= 11 is 4.37. The van der Waals surface area contributed by atoms with Crippen LogP contribution in [0.1, 0.15) is 6.92 Å². The third kappa shape index (κ3) is 3.05. The van der Waals surface area contributed by atoms with Gasteiger partial charge in [-0.05, 0) is 24.3 Å². The minimum absolute atomic E-state index is 0.182. The van der Waals surface area contributed by atoms with E-state index in [9.17, 15) is 4.79 Å². The monoisotopic (exact) mass is 246 g/mol. The summed E-state index contributed by atoms with van der Waals surface area (Å²) in [6.45, 7) is 1.42. The summed E-state index contributed by atoms with van der Waals surface area (Å²) in [5.41, 5.74) is 6.23. The second-order valence-corrected chi connectivity index (χ2v) is 6.52. The van der Waals surface area contributed by atoms with E-state index >= 15 is 0 Å². The van der Waals surface area contributed by atoms with Crippen LogP contribution in [0.2, 0.25) is 0 Å². The van der Waals surface area contributed by atoms with Gasteiger partial charge in [-0.15, -0.1) is 0 Å². The highest BCUT2D eigenvalue weighted by atomic mass is 33.1. The number of amides is 1. The molecule has 1 rings (SSSR count). The van der Waals surface area contributed by atoms with E-state index < -0.39 is 9.53 Å². The molecule has 15 heavy (non-hydrogen) atoms. The van der Waals surface area contributed by atoms with E-state index in [2.05, 4.69) is 16.4 Å². The van der Waals surface area contributed by atoms with Crippen molar-refractivity contribution in [2.75, 3.05) is 12.8 Å². The molecule has 0 radical (unpaired) electrons. The smallest absolute Gasteiger partial charge is 0.227 e. The van der Waals surface area contributed by atoms with E-state index in [1.54, 1.807) is 24.3 Å². The fourth-order valence-corrected chi connectivity index (χ4v) is 3.08. The molecule has 1 aromatic carbocycles. The first-order valence-corrected chi connectivity index (χ1v) is 6.84. The van der Waals surface area contributed by atoms with Crippen LogP contribution in [0.3, 0.4) is 0 Å². The molecule has 0 aliphatic carbocycles. The van der Waals surface area contributed by atoms with E-state index in [4.69, 9.17) is 9.92 Å². The molecule has 0 spiro atoms. The summed E-state index contributed by atoms with van der Waals surface area (Å²) in [4.78, 5) is 11.8. The van der Waals surface area contributed by atoms with Crippen LogP contribution in [0.4, 0.5) is 5.69 Å². The fourth-order valence-electron chi connectivity index (χ4n) is 1.04. The Morgan fingerprint density at radius 1 is 1.47 bits per heavy atom. The normalized spacial score (nSPS) is 16.5. The standard InChI is InChI=1S/C9H14N2O2S2/c1-7(12)11-15(14,13-2)9-5-3-8(10)4-6-9/h3-6,14H,10H2,1-2H3,(H,11,12). The van der Waals surface area contributed by atoms with Crippen molar-refractivity contribution < 1.29 is 8.98 Å². The highest BCUT2D eigenvalue weighted by Crippen LogP contribution is 2.56. The van der Waals surface area contributed by atoms with Crippen LogP contribution in [0, 0.1) is 0 Å². The van der Waals surface area contributed by atoms with Gasteiger partial charge < -0.3 is 9.92 Å². The van der Waals surface area contributed by atoms with E-state index in [0.29, 0.717) is 5.69 Å². The Morgan fingerprint density at radius 3 is 2.40 bits per heavy atom. The molecule has 1 atom stereocenters. The largest absolute Gasteiger partial charge is 0.399 e. The highest BCUT2D eigenvalue weighted by molar-refractivity contribution is 8.85. The molecule has 0 saturated heterocycles. The van der Waals surface area contributed by atoms with Crippen LogP contribution in [-0.4, -0.2) is 13.0 Å². The van der Waals surface area contributed by atoms with Crippen LogP contribution in [0.25, 0.3) is 0 Å². The molecule has 1 aromatic rings. The topological polar surface area (TPSA) is 64.3 Å². The quantitative estimate of drug-likeness (QED) is 0.433. The molecule has 0 fully saturated rings. The van der Waals surface area contributed by atoms with Crippen molar-refractivity contribution in [3.63, 3.8) is 0 Å². The first-order chi connectivity index (χ1) is 6.98. The van der Waals surface area contributed by atoms with E-state index in [1.807, 2.05) is 0 Å². The molecule has 0 heterocycles. The lowest BCUT2D eigenvalue weighted by atomic mass is 10.3. The minimum atomic E-state index is -2.03. The lowest BCUT2D eigenvalue weighted by Crippen LogP contribution is -2.23. The molecule has 1 unspecified atom stereocenters. The van der Waals surface area contributed by atoms with Gasteiger partial charge in [-0.1, -0.05) is 11.7 Å². The third-order valence-electron chi connectivity index (χ3n) is 1.72. The van der Waals surface area contributed by atoms with Gasteiger partial charge in [0.05, 0.1) is 7.11 Å². The zero-order valence-electron chi connectivity index (χ0n) is 8.56. The summed E-state index contributed by atoms with van der Waals surface area (Å²) in [6, 6.07) is 7.07. The molecule has 1 amide bonds. The van der Waals surface area contributed by atoms with Gasteiger partial charge in [0.25, 0.3) is 0 Å². The maximum absolute atomic E-state index is 11.0. The van der Waals surface area contributed by atoms with Gasteiger partial charge in [-0.25, -0.2) is 0 Å². The molecule has 3 N–H and O–H groups in total. The van der Waals surface area contributed by atoms with Gasteiger partial charge in [0, 0.05) is 27.0 Å². The molecule has 0 aromatic heterocycles. The average molecular weight is 246 g/mol. The third-order valence-corrected chi connectivity index (χ3v) is 5.03. The molecule has 0 aliphatic heterocycles. The van der Waals surface area contributed by atoms with Crippen LogP contribution in [-0.2, 0) is 8.98 Å². The Bertz CT molecular complexity index is 356. The van der Waals surface area contributed by atoms with Crippen molar-refractivity contribution in [1.82, 2.24) is 4.72 Å². The summed E-state index contributed by atoms with van der Waals surface area (Å²) in [7, 11) is -0.524. The van der Waals surface area contributed by atoms with Crippen molar-refractivity contribution >= 4 is 32.8 Å². The molecule has 6 heteroatoms. The Labute approximate surface area is 95.6 Å². The number of hydrogen-bond donors (Lipinski definition) is 3. The second kappa shape index (κ2) is 4.78. The fraction of sp³-hybridized carbons (Fsp3) is 0.222. The Kier molecular flexibility index (Phi) is 3.90. The van der Waals surface area contributed by atoms with Crippen LogP contribution < -0.4 is 10.5 Å². The first kappa shape index (κ1) is 12.2. The first-order valence-electron chi connectivity index (χ1n) is 4.23. The Morgan fingerprint density at radius 2 is 2.00 bits per heavy atom. The number of hydrogen-bond acceptors (Lipinski definition) is 4. The summed E-state index contributed by atoms with van der Waals surface area (Å²) in [5, 5.41) is 0. The predicted molar refractivity (Wildman–Crippen MR) is 66.5 cm³/mol. The number of thiol groups is 1. The van der Waals surface area contributed by atoms with Crippen molar-refractivity contribution in [3.05, 3.63) is 24.3 Å². The van der Waals surface area contributed by atoms with Crippen LogP contribution in [0.15, 0.2) is 29.2 Å². The predicted octanol–water partition coefficient (Wildman–Crippen LogP) is 1.89. The maximum atomic E-state index is 11.0. The summed E-state index contributed by atoms with van der Waals surface area (Å²) in [6.07, 6.45) is 0. The highest BCUT2D eigenvalue weighted by Gasteiger charge is 2.22. The SMILES string of the molecule is COS(S)(NC(C)=O)c1ccc(N)cc1. The van der Waals surface area contributed by atoms with Crippen molar-refractivity contribution in [2.45, 2.75) is 11.8 Å². The molecule has 0 bridgehead atoms. The lowest BCUT2D eigenvalue weighted by molar-refractivity contribution is -0.117. The Balaban J connectivity index is 3.00. The maximum Gasteiger partial charge on any atom is 0.227 e. The molecule has 4 nitrogen and oxygen atoms in total.